The van der Waals surface area contributed by atoms with Gasteiger partial charge in [-0.3, -0.25) is 37.3 Å². The molecule has 0 spiro atoms. The number of phosphoric acid groups is 2. The fraction of sp³-hybridized carbons (Fsp3) is 0.947. The van der Waals surface area contributed by atoms with Crippen molar-refractivity contribution in [3.63, 3.8) is 0 Å². The summed E-state index contributed by atoms with van der Waals surface area (Å²) >= 11 is 0. The van der Waals surface area contributed by atoms with Crippen LogP contribution in [0.2, 0.25) is 0 Å². The number of phosphoric ester groups is 2. The molecular formula is C76H148O17P2. The van der Waals surface area contributed by atoms with Gasteiger partial charge in [-0.25, -0.2) is 9.13 Å². The maximum absolute atomic E-state index is 13.1. The zero-order chi connectivity index (χ0) is 70.0. The van der Waals surface area contributed by atoms with E-state index < -0.39 is 97.5 Å². The van der Waals surface area contributed by atoms with E-state index in [9.17, 15) is 43.2 Å². The first-order valence-electron chi connectivity index (χ1n) is 39.5. The lowest BCUT2D eigenvalue weighted by Gasteiger charge is -2.21. The highest BCUT2D eigenvalue weighted by Crippen LogP contribution is 2.45. The molecule has 0 aromatic heterocycles. The van der Waals surface area contributed by atoms with Gasteiger partial charge in [-0.2, -0.15) is 0 Å². The molecule has 0 bridgehead atoms. The molecule has 0 saturated carbocycles. The average Bonchev–Trinajstić information content (AvgIpc) is 2.49. The summed E-state index contributed by atoms with van der Waals surface area (Å²) < 4.78 is 68.5. The molecular weight excluding hydrogens is 1250 g/mol. The molecule has 3 N–H and O–H groups in total. The summed E-state index contributed by atoms with van der Waals surface area (Å²) in [7, 11) is -9.91. The van der Waals surface area contributed by atoms with Crippen molar-refractivity contribution in [2.45, 2.75) is 413 Å². The number of ether oxygens (including phenoxy) is 4. The highest BCUT2D eigenvalue weighted by molar-refractivity contribution is 7.47. The van der Waals surface area contributed by atoms with Gasteiger partial charge in [-0.05, 0) is 37.5 Å². The van der Waals surface area contributed by atoms with Gasteiger partial charge in [-0.15, -0.1) is 0 Å². The average molecular weight is 1400 g/mol. The highest BCUT2D eigenvalue weighted by atomic mass is 31.2. The van der Waals surface area contributed by atoms with Gasteiger partial charge >= 0.3 is 39.5 Å². The first kappa shape index (κ1) is 93.1. The van der Waals surface area contributed by atoms with Crippen molar-refractivity contribution in [2.75, 3.05) is 39.6 Å². The molecule has 0 aliphatic carbocycles. The predicted octanol–water partition coefficient (Wildman–Crippen LogP) is 22.3. The lowest BCUT2D eigenvalue weighted by Crippen LogP contribution is -2.30. The highest BCUT2D eigenvalue weighted by Gasteiger charge is 2.30. The third kappa shape index (κ3) is 70.3. The molecule has 95 heavy (non-hydrogen) atoms. The van der Waals surface area contributed by atoms with Crippen molar-refractivity contribution in [3.05, 3.63) is 0 Å². The van der Waals surface area contributed by atoms with Crippen molar-refractivity contribution in [3.8, 4) is 0 Å². The van der Waals surface area contributed by atoms with E-state index in [-0.39, 0.29) is 25.7 Å². The van der Waals surface area contributed by atoms with Crippen LogP contribution in [0.15, 0.2) is 0 Å². The number of hydrogen-bond donors (Lipinski definition) is 3. The number of hydrogen-bond acceptors (Lipinski definition) is 15. The SMILES string of the molecule is CCCCCCCCCCCCCCCCCCCCCCC(=O)O[C@H](COC(=O)CCCCCCCCCCCCC(C)C)COP(=O)(O)OC[C@@H](O)COP(=O)(O)OC[C@@H](COC(=O)CCCCCCCCCCCC)OC(=O)CCCCCCCCCCCC(C)C. The van der Waals surface area contributed by atoms with Crippen LogP contribution < -0.4 is 0 Å². The van der Waals surface area contributed by atoms with E-state index >= 15 is 0 Å². The molecule has 0 rings (SSSR count). The van der Waals surface area contributed by atoms with Gasteiger partial charge in [-0.1, -0.05) is 343 Å². The number of rotatable bonds is 75. The topological polar surface area (TPSA) is 237 Å². The summed E-state index contributed by atoms with van der Waals surface area (Å²) in [6.07, 6.45) is 55.6. The van der Waals surface area contributed by atoms with Gasteiger partial charge in [0.25, 0.3) is 0 Å². The summed E-state index contributed by atoms with van der Waals surface area (Å²) in [5.74, 6) is -0.622. The minimum atomic E-state index is -4.96. The Hall–Kier alpha value is -1.94. The van der Waals surface area contributed by atoms with Crippen LogP contribution in [0.4, 0.5) is 0 Å². The fourth-order valence-corrected chi connectivity index (χ4v) is 13.2. The molecule has 0 aromatic carbocycles. The van der Waals surface area contributed by atoms with Crippen LogP contribution in [0.1, 0.15) is 395 Å². The van der Waals surface area contributed by atoms with Crippen LogP contribution in [0.3, 0.4) is 0 Å². The summed E-state index contributed by atoms with van der Waals surface area (Å²) in [5, 5.41) is 10.6. The quantitative estimate of drug-likeness (QED) is 0.0222. The second-order valence-electron chi connectivity index (χ2n) is 28.3. The van der Waals surface area contributed by atoms with Gasteiger partial charge in [0.2, 0.25) is 0 Å². The molecule has 564 valence electrons. The summed E-state index contributed by atoms with van der Waals surface area (Å²) in [5.41, 5.74) is 0. The van der Waals surface area contributed by atoms with Gasteiger partial charge in [0.15, 0.2) is 12.2 Å². The third-order valence-electron chi connectivity index (χ3n) is 17.7. The van der Waals surface area contributed by atoms with Gasteiger partial charge in [0.05, 0.1) is 26.4 Å². The number of aliphatic hydroxyl groups is 1. The first-order valence-corrected chi connectivity index (χ1v) is 42.5. The second kappa shape index (κ2) is 67.9. The van der Waals surface area contributed by atoms with Crippen molar-refractivity contribution < 1.29 is 80.2 Å². The molecule has 0 heterocycles. The van der Waals surface area contributed by atoms with Gasteiger partial charge in [0, 0.05) is 25.7 Å². The number of carbonyl (C=O) groups is 4. The van der Waals surface area contributed by atoms with E-state index in [0.717, 1.165) is 102 Å². The Labute approximate surface area is 581 Å². The zero-order valence-electron chi connectivity index (χ0n) is 62.0. The van der Waals surface area contributed by atoms with Crippen LogP contribution in [-0.4, -0.2) is 96.7 Å². The minimum absolute atomic E-state index is 0.105. The molecule has 0 radical (unpaired) electrons. The Kier molecular flexibility index (Phi) is 66.5. The number of carbonyl (C=O) groups excluding carboxylic acids is 4. The van der Waals surface area contributed by atoms with E-state index in [2.05, 4.69) is 41.5 Å². The third-order valence-corrected chi connectivity index (χ3v) is 19.6. The molecule has 0 saturated heterocycles. The zero-order valence-corrected chi connectivity index (χ0v) is 63.8. The molecule has 0 aliphatic rings. The number of aliphatic hydroxyl groups excluding tert-OH is 1. The molecule has 2 unspecified atom stereocenters. The van der Waals surface area contributed by atoms with Gasteiger partial charge in [0.1, 0.15) is 19.3 Å². The standard InChI is InChI=1S/C76H148O17P2/c1-7-9-11-13-15-17-19-20-21-22-23-24-25-26-27-28-36-42-48-54-60-75(80)92-71(65-87-74(79)59-53-47-41-35-30-29-32-38-44-50-56-68(3)4)66-90-94(82,83)88-62-70(77)63-89-95(84,85)91-67-72(64-86-73(78)58-52-46-40-34-18-16-14-12-10-8-2)93-76(81)61-55-49-43-37-31-33-39-45-51-57-69(5)6/h68-72,77H,7-67H2,1-6H3,(H,82,83)(H,84,85)/t70-,71-,72-/m1/s1. The Bertz CT molecular complexity index is 1840. The van der Waals surface area contributed by atoms with E-state index in [1.807, 2.05) is 0 Å². The molecule has 0 fully saturated rings. The van der Waals surface area contributed by atoms with Gasteiger partial charge < -0.3 is 33.8 Å². The van der Waals surface area contributed by atoms with Crippen LogP contribution in [-0.2, 0) is 65.4 Å². The van der Waals surface area contributed by atoms with Crippen molar-refractivity contribution in [1.29, 1.82) is 0 Å². The fourth-order valence-electron chi connectivity index (χ4n) is 11.7. The van der Waals surface area contributed by atoms with E-state index in [1.54, 1.807) is 0 Å². The van der Waals surface area contributed by atoms with Crippen LogP contribution in [0.5, 0.6) is 0 Å². The Morgan fingerprint density at radius 1 is 0.284 bits per heavy atom. The largest absolute Gasteiger partial charge is 0.472 e. The monoisotopic (exact) mass is 1400 g/mol. The predicted molar refractivity (Wildman–Crippen MR) is 386 cm³/mol. The van der Waals surface area contributed by atoms with E-state index in [0.29, 0.717) is 25.7 Å². The van der Waals surface area contributed by atoms with Crippen molar-refractivity contribution in [2.24, 2.45) is 11.8 Å². The molecule has 19 heteroatoms. The Morgan fingerprint density at radius 2 is 0.484 bits per heavy atom. The minimum Gasteiger partial charge on any atom is -0.462 e. The smallest absolute Gasteiger partial charge is 0.462 e. The molecule has 0 aliphatic heterocycles. The van der Waals surface area contributed by atoms with E-state index in [4.69, 9.17) is 37.0 Å². The summed E-state index contributed by atoms with van der Waals surface area (Å²) in [4.78, 5) is 72.8. The normalized spacial score (nSPS) is 14.0. The summed E-state index contributed by atoms with van der Waals surface area (Å²) in [6, 6.07) is 0. The van der Waals surface area contributed by atoms with E-state index in [1.165, 1.54) is 212 Å². The lowest BCUT2D eigenvalue weighted by atomic mass is 10.0. The van der Waals surface area contributed by atoms with Crippen molar-refractivity contribution >= 4 is 39.5 Å². The van der Waals surface area contributed by atoms with Crippen LogP contribution >= 0.6 is 15.6 Å². The first-order chi connectivity index (χ1) is 45.9. The Balaban J connectivity index is 5.21. The van der Waals surface area contributed by atoms with Crippen LogP contribution in [0.25, 0.3) is 0 Å². The molecule has 17 nitrogen and oxygen atoms in total. The number of unbranched alkanes of at least 4 members (excludes halogenated alkanes) is 45. The number of esters is 4. The lowest BCUT2D eigenvalue weighted by molar-refractivity contribution is -0.161. The molecule has 5 atom stereocenters. The molecule has 0 amide bonds. The second-order valence-corrected chi connectivity index (χ2v) is 31.3. The maximum atomic E-state index is 13.1. The van der Waals surface area contributed by atoms with Crippen LogP contribution in [0, 0.1) is 11.8 Å². The molecule has 0 aromatic rings. The van der Waals surface area contributed by atoms with Crippen molar-refractivity contribution in [1.82, 2.24) is 0 Å². The summed E-state index contributed by atoms with van der Waals surface area (Å²) in [6.45, 7) is 9.56. The maximum Gasteiger partial charge on any atom is 0.472 e. The Morgan fingerprint density at radius 3 is 0.716 bits per heavy atom.